The van der Waals surface area contributed by atoms with Crippen molar-refractivity contribution in [3.05, 3.63) is 0 Å². The molecular formula is C16H27NO2. The molecule has 3 fully saturated rings. The maximum Gasteiger partial charge on any atom is 0.303 e. The van der Waals surface area contributed by atoms with Gasteiger partial charge in [0.2, 0.25) is 0 Å². The second kappa shape index (κ2) is 5.82. The molecule has 2 aliphatic heterocycles. The lowest BCUT2D eigenvalue weighted by Gasteiger charge is -2.54. The summed E-state index contributed by atoms with van der Waals surface area (Å²) in [7, 11) is 0. The fourth-order valence-electron chi connectivity index (χ4n) is 5.10. The summed E-state index contributed by atoms with van der Waals surface area (Å²) in [4.78, 5) is 13.4. The maximum atomic E-state index is 10.7. The molecule has 0 aromatic heterocycles. The molecule has 3 heteroatoms. The Morgan fingerprint density at radius 1 is 1.11 bits per heavy atom. The van der Waals surface area contributed by atoms with Gasteiger partial charge in [0, 0.05) is 12.5 Å². The minimum atomic E-state index is -0.628. The minimum Gasteiger partial charge on any atom is -0.481 e. The van der Waals surface area contributed by atoms with Crippen molar-refractivity contribution in [1.82, 2.24) is 4.90 Å². The molecule has 108 valence electrons. The molecule has 1 aliphatic carbocycles. The highest BCUT2D eigenvalue weighted by molar-refractivity contribution is 5.66. The summed E-state index contributed by atoms with van der Waals surface area (Å²) in [5.41, 5.74) is 0. The van der Waals surface area contributed by atoms with Crippen molar-refractivity contribution < 1.29 is 9.90 Å². The smallest absolute Gasteiger partial charge is 0.303 e. The Bertz CT molecular complexity index is 322. The topological polar surface area (TPSA) is 40.5 Å². The fourth-order valence-corrected chi connectivity index (χ4v) is 5.10. The highest BCUT2D eigenvalue weighted by atomic mass is 16.4. The first kappa shape index (κ1) is 13.4. The molecule has 0 radical (unpaired) electrons. The van der Waals surface area contributed by atoms with Gasteiger partial charge < -0.3 is 5.11 Å². The van der Waals surface area contributed by atoms with Crippen LogP contribution in [-0.4, -0.2) is 35.1 Å². The van der Waals surface area contributed by atoms with Gasteiger partial charge in [0.25, 0.3) is 0 Å². The Labute approximate surface area is 116 Å². The van der Waals surface area contributed by atoms with Gasteiger partial charge in [0.05, 0.1) is 0 Å². The molecule has 2 unspecified atom stereocenters. The number of hydrogen-bond donors (Lipinski definition) is 1. The van der Waals surface area contributed by atoms with Gasteiger partial charge in [-0.25, -0.2) is 0 Å². The largest absolute Gasteiger partial charge is 0.481 e. The number of rotatable bonds is 4. The van der Waals surface area contributed by atoms with Crippen LogP contribution in [0.3, 0.4) is 0 Å². The van der Waals surface area contributed by atoms with Gasteiger partial charge in [-0.1, -0.05) is 0 Å². The Hall–Kier alpha value is -0.570. The molecular weight excluding hydrogens is 238 g/mol. The van der Waals surface area contributed by atoms with Crippen LogP contribution in [0.2, 0.25) is 0 Å². The van der Waals surface area contributed by atoms with E-state index in [4.69, 9.17) is 5.11 Å². The van der Waals surface area contributed by atoms with Crippen molar-refractivity contribution in [2.24, 2.45) is 17.8 Å². The van der Waals surface area contributed by atoms with E-state index in [0.29, 0.717) is 6.42 Å². The molecule has 0 aromatic rings. The Kier molecular flexibility index (Phi) is 4.11. The highest BCUT2D eigenvalue weighted by Gasteiger charge is 2.44. The third-order valence-corrected chi connectivity index (χ3v) is 5.83. The maximum absolute atomic E-state index is 10.7. The van der Waals surface area contributed by atoms with Crippen molar-refractivity contribution in [1.29, 1.82) is 0 Å². The van der Waals surface area contributed by atoms with Crippen molar-refractivity contribution in [3.8, 4) is 0 Å². The van der Waals surface area contributed by atoms with Crippen LogP contribution in [0, 0.1) is 17.8 Å². The third-order valence-electron chi connectivity index (χ3n) is 5.83. The lowest BCUT2D eigenvalue weighted by Crippen LogP contribution is -2.56. The molecule has 0 aromatic carbocycles. The molecule has 3 nitrogen and oxygen atoms in total. The molecule has 3 aliphatic rings. The zero-order valence-corrected chi connectivity index (χ0v) is 11.9. The summed E-state index contributed by atoms with van der Waals surface area (Å²) in [6.07, 6.45) is 10.8. The summed E-state index contributed by atoms with van der Waals surface area (Å²) in [6.45, 7) is 2.64. The number of aliphatic carboxylic acids is 1. The van der Waals surface area contributed by atoms with Crippen LogP contribution < -0.4 is 0 Å². The van der Waals surface area contributed by atoms with Gasteiger partial charge in [0.15, 0.2) is 0 Å². The van der Waals surface area contributed by atoms with Gasteiger partial charge in [-0.2, -0.15) is 0 Å². The number of nitrogens with zero attached hydrogens (tertiary/aromatic N) is 1. The number of hydrogen-bond acceptors (Lipinski definition) is 2. The van der Waals surface area contributed by atoms with Gasteiger partial charge in [-0.3, -0.25) is 9.69 Å². The number of carboxylic acid groups (broad SMARTS) is 1. The van der Waals surface area contributed by atoms with Crippen LogP contribution in [0.15, 0.2) is 0 Å². The summed E-state index contributed by atoms with van der Waals surface area (Å²) in [5.74, 6) is 2.01. The highest BCUT2D eigenvalue weighted by Crippen LogP contribution is 2.47. The summed E-state index contributed by atoms with van der Waals surface area (Å²) in [5, 5.41) is 8.80. The van der Waals surface area contributed by atoms with E-state index in [1.54, 1.807) is 0 Å². The average molecular weight is 265 g/mol. The zero-order valence-electron chi connectivity index (χ0n) is 11.9. The normalized spacial score (nSPS) is 38.7. The number of carbonyl (C=O) groups is 1. The van der Waals surface area contributed by atoms with Crippen molar-refractivity contribution in [2.75, 3.05) is 13.1 Å². The van der Waals surface area contributed by atoms with E-state index in [1.807, 2.05) is 0 Å². The SMILES string of the molecule is O=C(O)CCCC1CC[C@@H]2CCCN3CCC[C@H]1C23. The Morgan fingerprint density at radius 3 is 2.68 bits per heavy atom. The quantitative estimate of drug-likeness (QED) is 0.849. The van der Waals surface area contributed by atoms with Crippen LogP contribution in [0.4, 0.5) is 0 Å². The third kappa shape index (κ3) is 2.81. The van der Waals surface area contributed by atoms with E-state index in [-0.39, 0.29) is 0 Å². The molecule has 1 saturated carbocycles. The first-order valence-electron chi connectivity index (χ1n) is 8.21. The van der Waals surface area contributed by atoms with Crippen LogP contribution >= 0.6 is 0 Å². The van der Waals surface area contributed by atoms with Gasteiger partial charge in [-0.15, -0.1) is 0 Å². The molecule has 0 bridgehead atoms. The zero-order chi connectivity index (χ0) is 13.2. The molecule has 19 heavy (non-hydrogen) atoms. The Balaban J connectivity index is 1.62. The molecule has 0 spiro atoms. The monoisotopic (exact) mass is 265 g/mol. The van der Waals surface area contributed by atoms with Crippen LogP contribution in [0.1, 0.15) is 57.8 Å². The molecule has 0 amide bonds. The van der Waals surface area contributed by atoms with Crippen LogP contribution in [0.25, 0.3) is 0 Å². The number of carboxylic acids is 1. The average Bonchev–Trinajstić information content (AvgIpc) is 2.41. The first-order valence-corrected chi connectivity index (χ1v) is 8.21. The second-order valence-electron chi connectivity index (χ2n) is 6.86. The van der Waals surface area contributed by atoms with Gasteiger partial charge in [-0.05, 0) is 82.2 Å². The van der Waals surface area contributed by atoms with Crippen LogP contribution in [-0.2, 0) is 4.79 Å². The van der Waals surface area contributed by atoms with Crippen LogP contribution in [0.5, 0.6) is 0 Å². The van der Waals surface area contributed by atoms with Crippen molar-refractivity contribution >= 4 is 5.97 Å². The predicted octanol–water partition coefficient (Wildman–Crippen LogP) is 3.14. The van der Waals surface area contributed by atoms with E-state index in [0.717, 1.165) is 36.6 Å². The standard InChI is InChI=1S/C16H27NO2/c18-15(19)7-1-4-12-8-9-13-5-2-10-17-11-3-6-14(12)16(13)17/h12-14,16H,1-11H2,(H,18,19)/t12?,13-,14+,16?/m0/s1. The van der Waals surface area contributed by atoms with E-state index >= 15 is 0 Å². The first-order chi connectivity index (χ1) is 9.25. The van der Waals surface area contributed by atoms with Crippen molar-refractivity contribution in [2.45, 2.75) is 63.8 Å². The van der Waals surface area contributed by atoms with Crippen molar-refractivity contribution in [3.63, 3.8) is 0 Å². The fraction of sp³-hybridized carbons (Fsp3) is 0.938. The van der Waals surface area contributed by atoms with E-state index in [9.17, 15) is 4.79 Å². The van der Waals surface area contributed by atoms with E-state index in [2.05, 4.69) is 4.90 Å². The van der Waals surface area contributed by atoms with E-state index in [1.165, 1.54) is 51.6 Å². The molecule has 2 saturated heterocycles. The molecule has 4 atom stereocenters. The predicted molar refractivity (Wildman–Crippen MR) is 75.0 cm³/mol. The summed E-state index contributed by atoms with van der Waals surface area (Å²) in [6, 6.07) is 0.853. The number of piperidine rings is 2. The minimum absolute atomic E-state index is 0.362. The lowest BCUT2D eigenvalue weighted by molar-refractivity contribution is -0.137. The van der Waals surface area contributed by atoms with Gasteiger partial charge in [0.1, 0.15) is 0 Å². The summed E-state index contributed by atoms with van der Waals surface area (Å²) >= 11 is 0. The Morgan fingerprint density at radius 2 is 1.89 bits per heavy atom. The lowest BCUT2D eigenvalue weighted by atomic mass is 9.63. The molecule has 3 rings (SSSR count). The summed E-state index contributed by atoms with van der Waals surface area (Å²) < 4.78 is 0. The molecule has 1 N–H and O–H groups in total. The van der Waals surface area contributed by atoms with Gasteiger partial charge >= 0.3 is 5.97 Å². The molecule has 2 heterocycles. The second-order valence-corrected chi connectivity index (χ2v) is 6.86. The van der Waals surface area contributed by atoms with E-state index < -0.39 is 5.97 Å².